The standard InChI is InChI=1S/C23H46N2O2/c1-10-22(8,11-2)19(26)24-15-14-18(5)16-21(6,7)17-25-20(27)23(9,12-3)13-4/h18H,10-17H2,1-9H3,(H,24,26)(H,25,27). The molecule has 0 heterocycles. The van der Waals surface area contributed by atoms with Crippen molar-refractivity contribution < 1.29 is 9.59 Å². The van der Waals surface area contributed by atoms with E-state index in [2.05, 4.69) is 59.1 Å². The van der Waals surface area contributed by atoms with Crippen molar-refractivity contribution in [1.29, 1.82) is 0 Å². The summed E-state index contributed by atoms with van der Waals surface area (Å²) in [5, 5.41) is 6.29. The maximum atomic E-state index is 12.5. The summed E-state index contributed by atoms with van der Waals surface area (Å²) in [6.07, 6.45) is 5.45. The van der Waals surface area contributed by atoms with Gasteiger partial charge in [-0.15, -0.1) is 0 Å². The van der Waals surface area contributed by atoms with Crippen molar-refractivity contribution in [3.8, 4) is 0 Å². The second-order valence-electron chi connectivity index (χ2n) is 9.74. The van der Waals surface area contributed by atoms with Gasteiger partial charge in [-0.05, 0) is 49.9 Å². The van der Waals surface area contributed by atoms with Crippen LogP contribution in [0.2, 0.25) is 0 Å². The largest absolute Gasteiger partial charge is 0.356 e. The van der Waals surface area contributed by atoms with Crippen molar-refractivity contribution in [2.75, 3.05) is 13.1 Å². The van der Waals surface area contributed by atoms with E-state index in [1.807, 2.05) is 13.8 Å². The molecule has 0 rings (SSSR count). The molecular formula is C23H46N2O2. The minimum atomic E-state index is -0.267. The highest BCUT2D eigenvalue weighted by Gasteiger charge is 2.31. The minimum absolute atomic E-state index is 0.0445. The first kappa shape index (κ1) is 25.9. The first-order valence-corrected chi connectivity index (χ1v) is 11.0. The van der Waals surface area contributed by atoms with Crippen LogP contribution in [0, 0.1) is 22.2 Å². The average Bonchev–Trinajstić information content (AvgIpc) is 2.64. The van der Waals surface area contributed by atoms with Crippen molar-refractivity contribution in [3.63, 3.8) is 0 Å². The van der Waals surface area contributed by atoms with E-state index in [1.165, 1.54) is 0 Å². The molecule has 0 aromatic carbocycles. The molecule has 2 amide bonds. The Labute approximate surface area is 168 Å². The SMILES string of the molecule is CCC(C)(CC)C(=O)NCCC(C)CC(C)(C)CNC(=O)C(C)(CC)CC. The first-order valence-electron chi connectivity index (χ1n) is 11.0. The Morgan fingerprint density at radius 1 is 0.778 bits per heavy atom. The van der Waals surface area contributed by atoms with E-state index in [-0.39, 0.29) is 28.1 Å². The van der Waals surface area contributed by atoms with Crippen LogP contribution < -0.4 is 10.6 Å². The molecule has 2 N–H and O–H groups in total. The molecule has 0 aromatic rings. The predicted octanol–water partition coefficient (Wildman–Crippen LogP) is 5.31. The van der Waals surface area contributed by atoms with Crippen molar-refractivity contribution in [3.05, 3.63) is 0 Å². The highest BCUT2D eigenvalue weighted by atomic mass is 16.2. The van der Waals surface area contributed by atoms with Gasteiger partial charge in [0, 0.05) is 23.9 Å². The van der Waals surface area contributed by atoms with E-state index >= 15 is 0 Å². The molecule has 4 heteroatoms. The van der Waals surface area contributed by atoms with Gasteiger partial charge in [0.2, 0.25) is 11.8 Å². The lowest BCUT2D eigenvalue weighted by molar-refractivity contribution is -0.131. The Morgan fingerprint density at radius 2 is 1.19 bits per heavy atom. The Kier molecular flexibility index (Phi) is 10.6. The van der Waals surface area contributed by atoms with Crippen molar-refractivity contribution >= 4 is 11.8 Å². The number of hydrogen-bond acceptors (Lipinski definition) is 2. The van der Waals surface area contributed by atoms with E-state index in [9.17, 15) is 9.59 Å². The third kappa shape index (κ3) is 8.23. The molecular weight excluding hydrogens is 336 g/mol. The molecule has 0 fully saturated rings. The summed E-state index contributed by atoms with van der Waals surface area (Å²) in [7, 11) is 0. The molecule has 0 aliphatic rings. The van der Waals surface area contributed by atoms with Gasteiger partial charge >= 0.3 is 0 Å². The van der Waals surface area contributed by atoms with Crippen LogP contribution in [-0.2, 0) is 9.59 Å². The summed E-state index contributed by atoms with van der Waals surface area (Å²) in [5.41, 5.74) is -0.474. The quantitative estimate of drug-likeness (QED) is 0.453. The Balaban J connectivity index is 4.42. The highest BCUT2D eigenvalue weighted by Crippen LogP contribution is 2.29. The molecule has 27 heavy (non-hydrogen) atoms. The van der Waals surface area contributed by atoms with Crippen LogP contribution >= 0.6 is 0 Å². The molecule has 0 aromatic heterocycles. The minimum Gasteiger partial charge on any atom is -0.356 e. The third-order valence-corrected chi connectivity index (χ3v) is 6.77. The Morgan fingerprint density at radius 3 is 1.59 bits per heavy atom. The van der Waals surface area contributed by atoms with E-state index in [1.54, 1.807) is 0 Å². The summed E-state index contributed by atoms with van der Waals surface area (Å²) < 4.78 is 0. The van der Waals surface area contributed by atoms with Crippen LogP contribution in [0.3, 0.4) is 0 Å². The zero-order chi connectivity index (χ0) is 21.3. The van der Waals surface area contributed by atoms with Crippen molar-refractivity contribution in [1.82, 2.24) is 10.6 Å². The number of carbonyl (C=O) groups is 2. The molecule has 4 nitrogen and oxygen atoms in total. The predicted molar refractivity (Wildman–Crippen MR) is 116 cm³/mol. The van der Waals surface area contributed by atoms with E-state index in [0.29, 0.717) is 12.5 Å². The summed E-state index contributed by atoms with van der Waals surface area (Å²) in [4.78, 5) is 24.9. The van der Waals surface area contributed by atoms with Crippen LogP contribution in [0.4, 0.5) is 0 Å². The lowest BCUT2D eigenvalue weighted by atomic mass is 9.80. The smallest absolute Gasteiger partial charge is 0.225 e. The molecule has 1 unspecified atom stereocenters. The van der Waals surface area contributed by atoms with Gasteiger partial charge < -0.3 is 10.6 Å². The zero-order valence-electron chi connectivity index (χ0n) is 19.6. The zero-order valence-corrected chi connectivity index (χ0v) is 19.6. The lowest BCUT2D eigenvalue weighted by Crippen LogP contribution is -2.43. The van der Waals surface area contributed by atoms with Gasteiger partial charge in [-0.3, -0.25) is 9.59 Å². The fourth-order valence-corrected chi connectivity index (χ4v) is 3.44. The van der Waals surface area contributed by atoms with Gasteiger partial charge in [0.15, 0.2) is 0 Å². The number of carbonyl (C=O) groups excluding carboxylic acids is 2. The van der Waals surface area contributed by atoms with Gasteiger partial charge in [-0.1, -0.05) is 62.3 Å². The Bertz CT molecular complexity index is 463. The molecule has 0 bridgehead atoms. The molecule has 0 saturated heterocycles. The number of rotatable bonds is 13. The van der Waals surface area contributed by atoms with Crippen LogP contribution in [0.25, 0.3) is 0 Å². The van der Waals surface area contributed by atoms with Crippen LogP contribution in [0.1, 0.15) is 101 Å². The second-order valence-corrected chi connectivity index (χ2v) is 9.74. The summed E-state index contributed by atoms with van der Waals surface area (Å²) >= 11 is 0. The molecule has 160 valence electrons. The van der Waals surface area contributed by atoms with E-state index in [4.69, 9.17) is 0 Å². The maximum absolute atomic E-state index is 12.5. The van der Waals surface area contributed by atoms with E-state index < -0.39 is 0 Å². The summed E-state index contributed by atoms with van der Waals surface area (Å²) in [5.74, 6) is 0.832. The monoisotopic (exact) mass is 382 g/mol. The number of nitrogens with one attached hydrogen (secondary N) is 2. The topological polar surface area (TPSA) is 58.2 Å². The Hall–Kier alpha value is -1.06. The first-order chi connectivity index (χ1) is 12.4. The lowest BCUT2D eigenvalue weighted by Gasteiger charge is -2.32. The summed E-state index contributed by atoms with van der Waals surface area (Å²) in [6.45, 7) is 20.5. The normalized spacial score (nSPS) is 14.0. The van der Waals surface area contributed by atoms with Gasteiger partial charge in [-0.25, -0.2) is 0 Å². The van der Waals surface area contributed by atoms with Crippen molar-refractivity contribution in [2.45, 2.75) is 101 Å². The summed E-state index contributed by atoms with van der Waals surface area (Å²) in [6, 6.07) is 0. The second kappa shape index (κ2) is 11.1. The van der Waals surface area contributed by atoms with Crippen LogP contribution in [0.5, 0.6) is 0 Å². The number of amides is 2. The molecule has 0 saturated carbocycles. The molecule has 0 aliphatic heterocycles. The van der Waals surface area contributed by atoms with Gasteiger partial charge in [-0.2, -0.15) is 0 Å². The van der Waals surface area contributed by atoms with Gasteiger partial charge in [0.05, 0.1) is 0 Å². The third-order valence-electron chi connectivity index (χ3n) is 6.77. The van der Waals surface area contributed by atoms with E-state index in [0.717, 1.165) is 45.1 Å². The van der Waals surface area contributed by atoms with Gasteiger partial charge in [0.1, 0.15) is 0 Å². The van der Waals surface area contributed by atoms with Gasteiger partial charge in [0.25, 0.3) is 0 Å². The molecule has 0 spiro atoms. The highest BCUT2D eigenvalue weighted by molar-refractivity contribution is 5.82. The molecule has 1 atom stereocenters. The van der Waals surface area contributed by atoms with Crippen LogP contribution in [-0.4, -0.2) is 24.9 Å². The van der Waals surface area contributed by atoms with Crippen LogP contribution in [0.15, 0.2) is 0 Å². The molecule has 0 aliphatic carbocycles. The van der Waals surface area contributed by atoms with Crippen molar-refractivity contribution in [2.24, 2.45) is 22.2 Å². The fraction of sp³-hybridized carbons (Fsp3) is 0.913. The average molecular weight is 383 g/mol. The fourth-order valence-electron chi connectivity index (χ4n) is 3.44. The molecule has 0 radical (unpaired) electrons. The maximum Gasteiger partial charge on any atom is 0.225 e. The number of hydrogen-bond donors (Lipinski definition) is 2.